The Morgan fingerprint density at radius 3 is 2.42 bits per heavy atom. The highest BCUT2D eigenvalue weighted by Gasteiger charge is 2.34. The van der Waals surface area contributed by atoms with Crippen molar-refractivity contribution in [3.05, 3.63) is 89.6 Å². The van der Waals surface area contributed by atoms with E-state index in [0.717, 1.165) is 48.4 Å². The van der Waals surface area contributed by atoms with Gasteiger partial charge in [-0.05, 0) is 62.5 Å². The number of ketones is 1. The summed E-state index contributed by atoms with van der Waals surface area (Å²) in [7, 11) is 0. The van der Waals surface area contributed by atoms with Crippen molar-refractivity contribution in [2.75, 3.05) is 23.7 Å². The van der Waals surface area contributed by atoms with Gasteiger partial charge in [0, 0.05) is 17.2 Å². The second-order valence-electron chi connectivity index (χ2n) is 11.5. The molecule has 1 aliphatic heterocycles. The maximum atomic E-state index is 13.7. The van der Waals surface area contributed by atoms with E-state index in [1.807, 2.05) is 61.5 Å². The molecule has 0 saturated carbocycles. The van der Waals surface area contributed by atoms with Gasteiger partial charge in [0.15, 0.2) is 5.78 Å². The Hall–Kier alpha value is -4.24. The summed E-state index contributed by atoms with van der Waals surface area (Å²) in [5.41, 5.74) is 4.53. The number of piperidine rings is 1. The number of Topliss-reactive ketones (excluding diaryl/α,β-unsaturated/α-hetero) is 1. The number of anilines is 2. The molecule has 2 aromatic heterocycles. The average molecular weight is 540 g/mol. The number of hydrogen-bond donors (Lipinski definition) is 4. The van der Waals surface area contributed by atoms with E-state index in [4.69, 9.17) is 5.10 Å². The number of imidazole rings is 1. The molecule has 0 radical (unpaired) electrons. The first-order valence-electron chi connectivity index (χ1n) is 13.8. The summed E-state index contributed by atoms with van der Waals surface area (Å²) in [6.07, 6.45) is 4.83. The molecular weight excluding hydrogens is 502 g/mol. The molecule has 1 unspecified atom stereocenters. The number of para-hydroxylation sites is 1. The van der Waals surface area contributed by atoms with E-state index in [1.165, 1.54) is 6.33 Å². The maximum Gasteiger partial charge on any atom is 0.324 e. The quantitative estimate of drug-likeness (QED) is 0.221. The van der Waals surface area contributed by atoms with Gasteiger partial charge in [0.1, 0.15) is 11.5 Å². The predicted molar refractivity (Wildman–Crippen MR) is 157 cm³/mol. The zero-order valence-corrected chi connectivity index (χ0v) is 23.5. The lowest BCUT2D eigenvalue weighted by Gasteiger charge is -2.31. The van der Waals surface area contributed by atoms with E-state index >= 15 is 0 Å². The molecular formula is C31H37N7O2. The first kappa shape index (κ1) is 27.3. The third-order valence-electron chi connectivity index (χ3n) is 7.44. The lowest BCUT2D eigenvalue weighted by Crippen LogP contribution is -2.34. The van der Waals surface area contributed by atoms with Crippen LogP contribution in [0.3, 0.4) is 0 Å². The van der Waals surface area contributed by atoms with Crippen molar-refractivity contribution in [2.45, 2.75) is 51.9 Å². The van der Waals surface area contributed by atoms with E-state index in [2.05, 4.69) is 46.7 Å². The summed E-state index contributed by atoms with van der Waals surface area (Å²) >= 11 is 0. The molecule has 0 spiro atoms. The Morgan fingerprint density at radius 1 is 1.02 bits per heavy atom. The number of carbonyl (C=O) groups excluding carboxylic acids is 2. The average Bonchev–Trinajstić information content (AvgIpc) is 3.62. The molecule has 3 heterocycles. The number of H-pyrrole nitrogens is 1. The van der Waals surface area contributed by atoms with Gasteiger partial charge in [-0.1, -0.05) is 56.7 Å². The Labute approximate surface area is 234 Å². The number of aromatic amines is 1. The van der Waals surface area contributed by atoms with Gasteiger partial charge in [0.25, 0.3) is 0 Å². The van der Waals surface area contributed by atoms with Crippen LogP contribution in [0, 0.1) is 12.8 Å². The standard InChI is InChI=1S/C31H37N7O2/c1-20-9-11-22(12-10-20)38-27(17-26(37-38)31(2,3)4)36-30(40)35-24-8-6-5-7-23(24)28(21-13-15-32-16-14-21)29(39)25-18-33-19-34-25/h5-12,17-19,21,28,32H,13-16H2,1-4H3,(H,33,34)(H2,35,36,40). The molecule has 9 nitrogen and oxygen atoms in total. The van der Waals surface area contributed by atoms with Gasteiger partial charge in [-0.15, -0.1) is 0 Å². The topological polar surface area (TPSA) is 117 Å². The number of carbonyl (C=O) groups is 2. The summed E-state index contributed by atoms with van der Waals surface area (Å²) in [5, 5.41) is 14.2. The molecule has 5 rings (SSSR count). The van der Waals surface area contributed by atoms with E-state index < -0.39 is 11.9 Å². The van der Waals surface area contributed by atoms with Crippen molar-refractivity contribution in [1.29, 1.82) is 0 Å². The molecule has 1 atom stereocenters. The number of nitrogens with one attached hydrogen (secondary N) is 4. The van der Waals surface area contributed by atoms with Gasteiger partial charge in [-0.3, -0.25) is 10.1 Å². The zero-order chi connectivity index (χ0) is 28.3. The minimum Gasteiger partial charge on any atom is -0.342 e. The van der Waals surface area contributed by atoms with Crippen molar-refractivity contribution in [1.82, 2.24) is 25.1 Å². The second-order valence-corrected chi connectivity index (χ2v) is 11.5. The van der Waals surface area contributed by atoms with Crippen LogP contribution < -0.4 is 16.0 Å². The number of aromatic nitrogens is 4. The number of urea groups is 1. The van der Waals surface area contributed by atoms with Crippen LogP contribution in [0.5, 0.6) is 0 Å². The zero-order valence-electron chi connectivity index (χ0n) is 23.5. The monoisotopic (exact) mass is 539 g/mol. The largest absolute Gasteiger partial charge is 0.342 e. The molecule has 0 bridgehead atoms. The molecule has 208 valence electrons. The smallest absolute Gasteiger partial charge is 0.324 e. The lowest BCUT2D eigenvalue weighted by atomic mass is 9.76. The first-order chi connectivity index (χ1) is 19.2. The summed E-state index contributed by atoms with van der Waals surface area (Å²) in [6, 6.07) is 17.1. The Bertz CT molecular complexity index is 1460. The second kappa shape index (κ2) is 11.5. The number of nitrogens with zero attached hydrogens (tertiary/aromatic N) is 3. The Morgan fingerprint density at radius 2 is 1.75 bits per heavy atom. The highest BCUT2D eigenvalue weighted by atomic mass is 16.2. The van der Waals surface area contributed by atoms with Gasteiger partial charge in [0.2, 0.25) is 0 Å². The van der Waals surface area contributed by atoms with Crippen LogP contribution in [0.25, 0.3) is 5.69 Å². The van der Waals surface area contributed by atoms with Crippen molar-refractivity contribution in [3.8, 4) is 5.69 Å². The van der Waals surface area contributed by atoms with Crippen molar-refractivity contribution in [3.63, 3.8) is 0 Å². The molecule has 4 N–H and O–H groups in total. The molecule has 1 aliphatic rings. The third-order valence-corrected chi connectivity index (χ3v) is 7.44. The van der Waals surface area contributed by atoms with E-state index in [-0.39, 0.29) is 17.1 Å². The van der Waals surface area contributed by atoms with Crippen molar-refractivity contribution < 1.29 is 9.59 Å². The van der Waals surface area contributed by atoms with Crippen LogP contribution in [0.1, 0.15) is 66.8 Å². The normalized spacial score (nSPS) is 15.0. The molecule has 40 heavy (non-hydrogen) atoms. The number of amides is 2. The molecule has 4 aromatic rings. The first-order valence-corrected chi connectivity index (χ1v) is 13.8. The molecule has 0 aliphatic carbocycles. The van der Waals surface area contributed by atoms with E-state index in [9.17, 15) is 9.59 Å². The van der Waals surface area contributed by atoms with Gasteiger partial charge < -0.3 is 15.6 Å². The fourth-order valence-corrected chi connectivity index (χ4v) is 5.22. The van der Waals surface area contributed by atoms with E-state index in [1.54, 1.807) is 10.9 Å². The van der Waals surface area contributed by atoms with Crippen LogP contribution in [-0.2, 0) is 5.41 Å². The summed E-state index contributed by atoms with van der Waals surface area (Å²) in [5.74, 6) is 0.267. The molecule has 2 aromatic carbocycles. The Balaban J connectivity index is 1.44. The maximum absolute atomic E-state index is 13.7. The lowest BCUT2D eigenvalue weighted by molar-refractivity contribution is 0.0911. The minimum absolute atomic E-state index is 0.0219. The van der Waals surface area contributed by atoms with Crippen LogP contribution in [0.4, 0.5) is 16.3 Å². The van der Waals surface area contributed by atoms with Crippen LogP contribution in [-0.4, -0.2) is 44.7 Å². The Kier molecular flexibility index (Phi) is 7.84. The number of benzene rings is 2. The van der Waals surface area contributed by atoms with Crippen LogP contribution in [0.15, 0.2) is 67.1 Å². The number of hydrogen-bond acceptors (Lipinski definition) is 5. The van der Waals surface area contributed by atoms with Gasteiger partial charge >= 0.3 is 6.03 Å². The highest BCUT2D eigenvalue weighted by molar-refractivity contribution is 6.03. The SMILES string of the molecule is Cc1ccc(-n2nc(C(C)(C)C)cc2NC(=O)Nc2ccccc2C(C(=O)c2cnc[nH]2)C2CCNCC2)cc1. The van der Waals surface area contributed by atoms with Gasteiger partial charge in [-0.25, -0.2) is 14.5 Å². The van der Waals surface area contributed by atoms with Gasteiger partial charge in [-0.2, -0.15) is 5.10 Å². The van der Waals surface area contributed by atoms with Crippen molar-refractivity contribution in [2.24, 2.45) is 5.92 Å². The number of rotatable bonds is 7. The summed E-state index contributed by atoms with van der Waals surface area (Å²) in [4.78, 5) is 34.2. The third kappa shape index (κ3) is 5.99. The number of aryl methyl sites for hydroxylation is 1. The summed E-state index contributed by atoms with van der Waals surface area (Å²) < 4.78 is 1.76. The van der Waals surface area contributed by atoms with E-state index in [0.29, 0.717) is 17.2 Å². The molecule has 1 saturated heterocycles. The fourth-order valence-electron chi connectivity index (χ4n) is 5.22. The minimum atomic E-state index is -0.412. The van der Waals surface area contributed by atoms with Gasteiger partial charge in [0.05, 0.1) is 29.8 Å². The summed E-state index contributed by atoms with van der Waals surface area (Å²) in [6.45, 7) is 10.0. The molecule has 9 heteroatoms. The fraction of sp³-hybridized carbons (Fsp3) is 0.355. The van der Waals surface area contributed by atoms with Crippen molar-refractivity contribution >= 4 is 23.3 Å². The highest BCUT2D eigenvalue weighted by Crippen LogP contribution is 2.37. The molecule has 1 fully saturated rings. The predicted octanol–water partition coefficient (Wildman–Crippen LogP) is 5.81. The van der Waals surface area contributed by atoms with Crippen LogP contribution in [0.2, 0.25) is 0 Å². The molecule has 2 amide bonds. The van der Waals surface area contributed by atoms with Crippen LogP contribution >= 0.6 is 0 Å².